The van der Waals surface area contributed by atoms with Gasteiger partial charge < -0.3 is 5.32 Å². The molecule has 0 saturated heterocycles. The molecule has 0 saturated carbocycles. The fraction of sp³-hybridized carbons (Fsp3) is 0. The van der Waals surface area contributed by atoms with E-state index in [-0.39, 0.29) is 0 Å². The van der Waals surface area contributed by atoms with Gasteiger partial charge in [-0.1, -0.05) is 66.7 Å². The molecule has 0 aliphatic carbocycles. The standard InChI is InChI=1S/C20H17N3S/c24-20(22-18-12-6-2-7-13-18)23(19-14-8-3-9-15-19)21-16-17-10-4-1-5-11-17/h1-16H,(H,22,24). The molecule has 0 aliphatic rings. The maximum absolute atomic E-state index is 5.56. The summed E-state index contributed by atoms with van der Waals surface area (Å²) >= 11 is 5.56. The van der Waals surface area contributed by atoms with Gasteiger partial charge in [-0.25, -0.2) is 5.01 Å². The van der Waals surface area contributed by atoms with E-state index in [4.69, 9.17) is 12.2 Å². The first-order valence-corrected chi connectivity index (χ1v) is 8.04. The van der Waals surface area contributed by atoms with Gasteiger partial charge >= 0.3 is 0 Å². The molecule has 0 atom stereocenters. The quantitative estimate of drug-likeness (QED) is 0.417. The molecular weight excluding hydrogens is 314 g/mol. The lowest BCUT2D eigenvalue weighted by Gasteiger charge is -2.20. The van der Waals surface area contributed by atoms with Crippen LogP contribution in [0.25, 0.3) is 0 Å². The second kappa shape index (κ2) is 8.04. The largest absolute Gasteiger partial charge is 0.331 e. The second-order valence-corrected chi connectivity index (χ2v) is 5.49. The molecule has 0 aliphatic heterocycles. The van der Waals surface area contributed by atoms with Crippen LogP contribution in [0.1, 0.15) is 5.56 Å². The third-order valence-electron chi connectivity index (χ3n) is 3.34. The molecule has 0 heterocycles. The highest BCUT2D eigenvalue weighted by Gasteiger charge is 2.10. The third-order valence-corrected chi connectivity index (χ3v) is 3.62. The number of benzene rings is 3. The van der Waals surface area contributed by atoms with Crippen LogP contribution in [0.4, 0.5) is 11.4 Å². The molecule has 4 heteroatoms. The zero-order valence-corrected chi connectivity index (χ0v) is 13.9. The normalized spacial score (nSPS) is 10.5. The fourth-order valence-corrected chi connectivity index (χ4v) is 2.44. The number of hydrogen-bond donors (Lipinski definition) is 1. The minimum Gasteiger partial charge on any atom is -0.331 e. The Bertz CT molecular complexity index is 802. The molecule has 0 aromatic heterocycles. The van der Waals surface area contributed by atoms with Gasteiger partial charge in [-0.05, 0) is 42.0 Å². The van der Waals surface area contributed by atoms with Crippen molar-refractivity contribution in [2.75, 3.05) is 10.3 Å². The average molecular weight is 331 g/mol. The number of nitrogens with one attached hydrogen (secondary N) is 1. The summed E-state index contributed by atoms with van der Waals surface area (Å²) in [7, 11) is 0. The first kappa shape index (κ1) is 15.9. The van der Waals surface area contributed by atoms with Crippen LogP contribution in [0, 0.1) is 0 Å². The van der Waals surface area contributed by atoms with Gasteiger partial charge in [-0.3, -0.25) is 0 Å². The van der Waals surface area contributed by atoms with Gasteiger partial charge in [0.05, 0.1) is 11.9 Å². The van der Waals surface area contributed by atoms with Gasteiger partial charge in [0.2, 0.25) is 0 Å². The molecule has 0 fully saturated rings. The Kier molecular flexibility index (Phi) is 5.32. The first-order valence-electron chi connectivity index (χ1n) is 7.63. The van der Waals surface area contributed by atoms with E-state index >= 15 is 0 Å². The Balaban J connectivity index is 1.85. The molecule has 0 radical (unpaired) electrons. The summed E-state index contributed by atoms with van der Waals surface area (Å²) in [6.07, 6.45) is 1.80. The lowest BCUT2D eigenvalue weighted by atomic mass is 10.2. The van der Waals surface area contributed by atoms with Crippen LogP contribution in [0.3, 0.4) is 0 Å². The molecule has 3 aromatic rings. The topological polar surface area (TPSA) is 27.6 Å². The Labute approximate surface area is 147 Å². The SMILES string of the molecule is S=C(Nc1ccccc1)N(N=Cc1ccccc1)c1ccccc1. The van der Waals surface area contributed by atoms with Crippen molar-refractivity contribution in [1.82, 2.24) is 0 Å². The molecule has 0 bridgehead atoms. The zero-order valence-electron chi connectivity index (χ0n) is 13.0. The minimum absolute atomic E-state index is 0.514. The van der Waals surface area contributed by atoms with Crippen LogP contribution >= 0.6 is 12.2 Å². The highest BCUT2D eigenvalue weighted by molar-refractivity contribution is 7.80. The number of hydrazone groups is 1. The van der Waals surface area contributed by atoms with Crippen molar-refractivity contribution in [3.63, 3.8) is 0 Å². The van der Waals surface area contributed by atoms with E-state index in [2.05, 4.69) is 10.4 Å². The van der Waals surface area contributed by atoms with Gasteiger partial charge in [0.1, 0.15) is 0 Å². The maximum atomic E-state index is 5.56. The summed E-state index contributed by atoms with van der Waals surface area (Å²) in [5.41, 5.74) is 2.84. The smallest absolute Gasteiger partial charge is 0.198 e. The number of rotatable bonds is 4. The zero-order chi connectivity index (χ0) is 16.6. The molecule has 1 N–H and O–H groups in total. The van der Waals surface area contributed by atoms with Crippen molar-refractivity contribution in [3.8, 4) is 0 Å². The number of thiocarbonyl (C=S) groups is 1. The Hall–Kier alpha value is -2.98. The van der Waals surface area contributed by atoms with Crippen LogP contribution in [0.15, 0.2) is 96.1 Å². The predicted octanol–water partition coefficient (Wildman–Crippen LogP) is 4.92. The van der Waals surface area contributed by atoms with Crippen LogP contribution in [-0.2, 0) is 0 Å². The molecule has 3 nitrogen and oxygen atoms in total. The molecule has 3 rings (SSSR count). The molecule has 0 unspecified atom stereocenters. The van der Waals surface area contributed by atoms with E-state index in [1.165, 1.54) is 0 Å². The molecule has 24 heavy (non-hydrogen) atoms. The van der Waals surface area contributed by atoms with Crippen LogP contribution < -0.4 is 10.3 Å². The van der Waals surface area contributed by atoms with Crippen molar-refractivity contribution in [2.45, 2.75) is 0 Å². The maximum Gasteiger partial charge on any atom is 0.198 e. The number of nitrogens with zero attached hydrogens (tertiary/aromatic N) is 2. The second-order valence-electron chi connectivity index (χ2n) is 5.10. The number of para-hydroxylation sites is 2. The predicted molar refractivity (Wildman–Crippen MR) is 106 cm³/mol. The summed E-state index contributed by atoms with van der Waals surface area (Å²) in [6.45, 7) is 0. The van der Waals surface area contributed by atoms with Crippen molar-refractivity contribution in [1.29, 1.82) is 0 Å². The van der Waals surface area contributed by atoms with Crippen molar-refractivity contribution < 1.29 is 0 Å². The Morgan fingerprint density at radius 1 is 0.792 bits per heavy atom. The average Bonchev–Trinajstić information content (AvgIpc) is 2.64. The van der Waals surface area contributed by atoms with Crippen molar-refractivity contribution >= 4 is 34.9 Å². The molecular formula is C20H17N3S. The van der Waals surface area contributed by atoms with Crippen LogP contribution in [-0.4, -0.2) is 11.3 Å². The van der Waals surface area contributed by atoms with Crippen molar-refractivity contribution in [2.24, 2.45) is 5.10 Å². The van der Waals surface area contributed by atoms with Gasteiger partial charge in [-0.2, -0.15) is 5.10 Å². The first-order chi connectivity index (χ1) is 11.8. The Morgan fingerprint density at radius 3 is 1.96 bits per heavy atom. The third kappa shape index (κ3) is 4.27. The molecule has 0 amide bonds. The minimum atomic E-state index is 0.514. The van der Waals surface area contributed by atoms with E-state index in [0.717, 1.165) is 16.9 Å². The van der Waals surface area contributed by atoms with Gasteiger partial charge in [0, 0.05) is 5.69 Å². The van der Waals surface area contributed by atoms with E-state index in [0.29, 0.717) is 5.11 Å². The van der Waals surface area contributed by atoms with Gasteiger partial charge in [-0.15, -0.1) is 0 Å². The molecule has 118 valence electrons. The number of anilines is 2. The summed E-state index contributed by atoms with van der Waals surface area (Å²) in [6, 6.07) is 29.6. The highest BCUT2D eigenvalue weighted by Crippen LogP contribution is 2.16. The lowest BCUT2D eigenvalue weighted by Crippen LogP contribution is -2.30. The van der Waals surface area contributed by atoms with Crippen LogP contribution in [0.2, 0.25) is 0 Å². The highest BCUT2D eigenvalue weighted by atomic mass is 32.1. The van der Waals surface area contributed by atoms with Gasteiger partial charge in [0.15, 0.2) is 5.11 Å². The lowest BCUT2D eigenvalue weighted by molar-refractivity contribution is 1.15. The monoisotopic (exact) mass is 331 g/mol. The summed E-state index contributed by atoms with van der Waals surface area (Å²) in [5.74, 6) is 0. The summed E-state index contributed by atoms with van der Waals surface area (Å²) in [4.78, 5) is 0. The van der Waals surface area contributed by atoms with Crippen LogP contribution in [0.5, 0.6) is 0 Å². The van der Waals surface area contributed by atoms with E-state index in [1.54, 1.807) is 11.2 Å². The molecule has 0 spiro atoms. The molecule has 3 aromatic carbocycles. The number of hydrogen-bond acceptors (Lipinski definition) is 2. The fourth-order valence-electron chi connectivity index (χ4n) is 2.17. The summed E-state index contributed by atoms with van der Waals surface area (Å²) < 4.78 is 0. The van der Waals surface area contributed by atoms with E-state index < -0.39 is 0 Å². The van der Waals surface area contributed by atoms with Crippen molar-refractivity contribution in [3.05, 3.63) is 96.6 Å². The van der Waals surface area contributed by atoms with E-state index in [1.807, 2.05) is 91.0 Å². The summed E-state index contributed by atoms with van der Waals surface area (Å²) in [5, 5.41) is 10.0. The van der Waals surface area contributed by atoms with E-state index in [9.17, 15) is 0 Å². The Morgan fingerprint density at radius 2 is 1.33 bits per heavy atom. The van der Waals surface area contributed by atoms with Gasteiger partial charge in [0.25, 0.3) is 0 Å².